The molecule has 2 aliphatic rings. The molecule has 17 heavy (non-hydrogen) atoms. The quantitative estimate of drug-likeness (QED) is 0.794. The van der Waals surface area contributed by atoms with Crippen LogP contribution in [0.25, 0.3) is 0 Å². The second-order valence-corrected chi connectivity index (χ2v) is 5.52. The third-order valence-electron chi connectivity index (χ3n) is 4.26. The highest BCUT2D eigenvalue weighted by Crippen LogP contribution is 2.23. The van der Waals surface area contributed by atoms with Crippen molar-refractivity contribution in [2.45, 2.75) is 51.7 Å². The predicted octanol–water partition coefficient (Wildman–Crippen LogP) is 1.88. The van der Waals surface area contributed by atoms with Crippen LogP contribution < -0.4 is 5.32 Å². The molecule has 2 aliphatic heterocycles. The Hall–Kier alpha value is -0.120. The number of hydrogen-bond acceptors (Lipinski definition) is 3. The fourth-order valence-electron chi connectivity index (χ4n) is 3.25. The molecule has 1 N–H and O–H groups in total. The van der Waals surface area contributed by atoms with Gasteiger partial charge in [-0.25, -0.2) is 0 Å². The molecule has 0 amide bonds. The molecule has 3 atom stereocenters. The predicted molar refractivity (Wildman–Crippen MR) is 71.3 cm³/mol. The van der Waals surface area contributed by atoms with E-state index >= 15 is 0 Å². The van der Waals surface area contributed by atoms with Gasteiger partial charge in [-0.2, -0.15) is 0 Å². The van der Waals surface area contributed by atoms with Crippen LogP contribution in [-0.4, -0.2) is 49.8 Å². The second kappa shape index (κ2) is 6.72. The van der Waals surface area contributed by atoms with Gasteiger partial charge in [0, 0.05) is 25.7 Å². The Morgan fingerprint density at radius 2 is 2.18 bits per heavy atom. The Kier molecular flexibility index (Phi) is 5.26. The Morgan fingerprint density at radius 1 is 1.29 bits per heavy atom. The van der Waals surface area contributed by atoms with Gasteiger partial charge in [0.15, 0.2) is 0 Å². The summed E-state index contributed by atoms with van der Waals surface area (Å²) in [5.74, 6) is 0.847. The van der Waals surface area contributed by atoms with Crippen molar-refractivity contribution < 1.29 is 4.74 Å². The largest absolute Gasteiger partial charge is 0.377 e. The van der Waals surface area contributed by atoms with Crippen molar-refractivity contribution in [2.24, 2.45) is 5.92 Å². The van der Waals surface area contributed by atoms with E-state index in [1.54, 1.807) is 0 Å². The van der Waals surface area contributed by atoms with Gasteiger partial charge in [0.05, 0.1) is 6.10 Å². The van der Waals surface area contributed by atoms with Crippen molar-refractivity contribution >= 4 is 0 Å². The molecule has 0 aromatic carbocycles. The highest BCUT2D eigenvalue weighted by atomic mass is 16.5. The Balaban J connectivity index is 1.83. The number of nitrogens with one attached hydrogen (secondary N) is 1. The average molecular weight is 240 g/mol. The van der Waals surface area contributed by atoms with Crippen molar-refractivity contribution in [3.63, 3.8) is 0 Å². The molecule has 0 aromatic heterocycles. The zero-order chi connectivity index (χ0) is 12.1. The molecule has 0 saturated carbocycles. The molecule has 0 radical (unpaired) electrons. The maximum atomic E-state index is 5.93. The summed E-state index contributed by atoms with van der Waals surface area (Å²) >= 11 is 0. The van der Waals surface area contributed by atoms with Gasteiger partial charge in [0.2, 0.25) is 0 Å². The van der Waals surface area contributed by atoms with Crippen molar-refractivity contribution in [1.29, 1.82) is 0 Å². The highest BCUT2D eigenvalue weighted by molar-refractivity contribution is 4.90. The normalized spacial score (nSPS) is 35.3. The summed E-state index contributed by atoms with van der Waals surface area (Å²) in [6, 6.07) is 0.757. The first-order valence-electron chi connectivity index (χ1n) is 7.41. The van der Waals surface area contributed by atoms with Crippen molar-refractivity contribution in [2.75, 3.05) is 32.8 Å². The average Bonchev–Trinajstić information content (AvgIpc) is 2.85. The van der Waals surface area contributed by atoms with Crippen LogP contribution in [0.3, 0.4) is 0 Å². The Labute approximate surface area is 106 Å². The van der Waals surface area contributed by atoms with Crippen molar-refractivity contribution in [3.05, 3.63) is 0 Å². The first-order valence-corrected chi connectivity index (χ1v) is 7.41. The molecule has 0 bridgehead atoms. The maximum Gasteiger partial charge on any atom is 0.0702 e. The Morgan fingerprint density at radius 3 is 2.94 bits per heavy atom. The summed E-state index contributed by atoms with van der Waals surface area (Å²) in [4.78, 5) is 2.68. The van der Waals surface area contributed by atoms with E-state index < -0.39 is 0 Å². The van der Waals surface area contributed by atoms with E-state index in [4.69, 9.17) is 4.74 Å². The number of nitrogens with zero attached hydrogens (tertiary/aromatic N) is 1. The zero-order valence-electron chi connectivity index (χ0n) is 11.5. The van der Waals surface area contributed by atoms with Gasteiger partial charge in [0.1, 0.15) is 0 Å². The van der Waals surface area contributed by atoms with E-state index in [0.29, 0.717) is 6.10 Å². The summed E-state index contributed by atoms with van der Waals surface area (Å²) in [5.41, 5.74) is 0. The minimum absolute atomic E-state index is 0.488. The summed E-state index contributed by atoms with van der Waals surface area (Å²) in [5, 5.41) is 3.55. The smallest absolute Gasteiger partial charge is 0.0702 e. The van der Waals surface area contributed by atoms with E-state index in [1.165, 1.54) is 38.9 Å². The maximum absolute atomic E-state index is 5.93. The molecule has 3 nitrogen and oxygen atoms in total. The summed E-state index contributed by atoms with van der Waals surface area (Å²) < 4.78 is 5.93. The van der Waals surface area contributed by atoms with E-state index in [2.05, 4.69) is 24.1 Å². The van der Waals surface area contributed by atoms with Gasteiger partial charge in [-0.15, -0.1) is 0 Å². The van der Waals surface area contributed by atoms with E-state index in [1.807, 2.05) is 0 Å². The summed E-state index contributed by atoms with van der Waals surface area (Å²) in [6.45, 7) is 10.3. The summed E-state index contributed by atoms with van der Waals surface area (Å²) in [7, 11) is 0. The summed E-state index contributed by atoms with van der Waals surface area (Å²) in [6.07, 6.45) is 5.49. The first kappa shape index (κ1) is 13.3. The molecule has 0 aliphatic carbocycles. The fourth-order valence-corrected chi connectivity index (χ4v) is 3.25. The second-order valence-electron chi connectivity index (χ2n) is 5.52. The van der Waals surface area contributed by atoms with Gasteiger partial charge < -0.3 is 10.1 Å². The highest BCUT2D eigenvalue weighted by Gasteiger charge is 2.33. The van der Waals surface area contributed by atoms with Crippen LogP contribution in [0.4, 0.5) is 0 Å². The first-order chi connectivity index (χ1) is 8.35. The third-order valence-corrected chi connectivity index (χ3v) is 4.26. The van der Waals surface area contributed by atoms with Crippen LogP contribution in [0.2, 0.25) is 0 Å². The Bertz CT molecular complexity index is 222. The molecule has 2 saturated heterocycles. The van der Waals surface area contributed by atoms with Crippen LogP contribution in [0.5, 0.6) is 0 Å². The van der Waals surface area contributed by atoms with Gasteiger partial charge in [-0.05, 0) is 38.3 Å². The lowest BCUT2D eigenvalue weighted by atomic mass is 9.96. The van der Waals surface area contributed by atoms with Crippen LogP contribution in [0.1, 0.15) is 39.5 Å². The van der Waals surface area contributed by atoms with E-state index in [0.717, 1.165) is 31.5 Å². The standard InChI is InChI=1S/C14H28N2O/c1-3-8-17-13-6-5-7-16(11-13)14-10-15-9-12(14)4-2/h12-15H,3-11H2,1-2H3. The third kappa shape index (κ3) is 3.43. The van der Waals surface area contributed by atoms with Gasteiger partial charge in [-0.3, -0.25) is 4.90 Å². The monoisotopic (exact) mass is 240 g/mol. The van der Waals surface area contributed by atoms with E-state index in [-0.39, 0.29) is 0 Å². The molecule has 100 valence electrons. The SMILES string of the molecule is CCCOC1CCCN(C2CNCC2CC)C1. The molecule has 2 rings (SSSR count). The van der Waals surface area contributed by atoms with Crippen molar-refractivity contribution in [3.8, 4) is 0 Å². The van der Waals surface area contributed by atoms with Gasteiger partial charge in [0.25, 0.3) is 0 Å². The van der Waals surface area contributed by atoms with E-state index in [9.17, 15) is 0 Å². The van der Waals surface area contributed by atoms with Crippen LogP contribution >= 0.6 is 0 Å². The van der Waals surface area contributed by atoms with Crippen LogP contribution in [0, 0.1) is 5.92 Å². The van der Waals surface area contributed by atoms with Gasteiger partial charge >= 0.3 is 0 Å². The molecule has 2 heterocycles. The molecule has 2 fully saturated rings. The number of piperidine rings is 1. The zero-order valence-corrected chi connectivity index (χ0v) is 11.5. The topological polar surface area (TPSA) is 24.5 Å². The fraction of sp³-hybridized carbons (Fsp3) is 1.00. The number of ether oxygens (including phenoxy) is 1. The number of likely N-dealkylation sites (tertiary alicyclic amines) is 1. The molecule has 3 heteroatoms. The molecule has 0 aromatic rings. The number of hydrogen-bond donors (Lipinski definition) is 1. The molecule has 3 unspecified atom stereocenters. The number of rotatable bonds is 5. The minimum atomic E-state index is 0.488. The lowest BCUT2D eigenvalue weighted by molar-refractivity contribution is -0.0155. The molecule has 0 spiro atoms. The van der Waals surface area contributed by atoms with Gasteiger partial charge in [-0.1, -0.05) is 20.3 Å². The lowest BCUT2D eigenvalue weighted by Crippen LogP contribution is -2.48. The minimum Gasteiger partial charge on any atom is -0.377 e. The van der Waals surface area contributed by atoms with Crippen LogP contribution in [-0.2, 0) is 4.74 Å². The lowest BCUT2D eigenvalue weighted by Gasteiger charge is -2.38. The molecular formula is C14H28N2O. The van der Waals surface area contributed by atoms with Crippen LogP contribution in [0.15, 0.2) is 0 Å². The van der Waals surface area contributed by atoms with Crippen molar-refractivity contribution in [1.82, 2.24) is 10.2 Å². The molecular weight excluding hydrogens is 212 g/mol.